The molecule has 1 aromatic heterocycles. The highest BCUT2D eigenvalue weighted by Crippen LogP contribution is 2.28. The summed E-state index contributed by atoms with van der Waals surface area (Å²) in [6.45, 7) is 1.95. The maximum Gasteiger partial charge on any atom is 0.323 e. The van der Waals surface area contributed by atoms with Crippen molar-refractivity contribution in [2.45, 2.75) is 13.0 Å². The van der Waals surface area contributed by atoms with Gasteiger partial charge in [0.1, 0.15) is 5.75 Å². The molecule has 0 bridgehead atoms. The number of hydrogen-bond acceptors (Lipinski definition) is 5. The summed E-state index contributed by atoms with van der Waals surface area (Å²) in [5, 5.41) is 3.28. The van der Waals surface area contributed by atoms with Gasteiger partial charge in [0.25, 0.3) is 0 Å². The molecule has 0 radical (unpaired) electrons. The smallest absolute Gasteiger partial charge is 0.323 e. The number of benzene rings is 2. The Labute approximate surface area is 156 Å². The number of para-hydroxylation sites is 1. The Morgan fingerprint density at radius 3 is 2.58 bits per heavy atom. The number of methoxy groups -OCH3 is 1. The van der Waals surface area contributed by atoms with Crippen molar-refractivity contribution in [2.24, 2.45) is 0 Å². The topological polar surface area (TPSA) is 67.3 Å². The van der Waals surface area contributed by atoms with E-state index in [1.54, 1.807) is 19.1 Å². The average Bonchev–Trinajstić information content (AvgIpc) is 3.16. The predicted octanol–water partition coefficient (Wildman–Crippen LogP) is 4.44. The summed E-state index contributed by atoms with van der Waals surface area (Å²) in [4.78, 5) is 18.6. The van der Waals surface area contributed by atoms with Gasteiger partial charge in [0.05, 0.1) is 13.2 Å². The maximum absolute atomic E-state index is 12.6. The standard InChI is InChI=1S/C19H20N4O2S/c1-13(15-11-7-8-12-16(15)25-3)23(2)19(24)21-18-20-17(22-26-18)14-9-5-4-6-10-14/h4-13H,1-3H3,(H,20,21,22,24)/t13-/m1/s1. The van der Waals surface area contributed by atoms with E-state index in [1.165, 1.54) is 0 Å². The lowest BCUT2D eigenvalue weighted by Gasteiger charge is -2.26. The number of aromatic nitrogens is 2. The van der Waals surface area contributed by atoms with Gasteiger partial charge in [-0.1, -0.05) is 48.5 Å². The Morgan fingerprint density at radius 1 is 1.15 bits per heavy atom. The largest absolute Gasteiger partial charge is 0.496 e. The summed E-state index contributed by atoms with van der Waals surface area (Å²) in [7, 11) is 3.36. The van der Waals surface area contributed by atoms with Crippen molar-refractivity contribution in [2.75, 3.05) is 19.5 Å². The quantitative estimate of drug-likeness (QED) is 0.723. The molecule has 26 heavy (non-hydrogen) atoms. The number of carbonyl (C=O) groups excluding carboxylic acids is 1. The van der Waals surface area contributed by atoms with Gasteiger partial charge >= 0.3 is 6.03 Å². The lowest BCUT2D eigenvalue weighted by Crippen LogP contribution is -2.33. The number of anilines is 1. The number of carbonyl (C=O) groups is 1. The fourth-order valence-corrected chi connectivity index (χ4v) is 3.13. The van der Waals surface area contributed by atoms with E-state index < -0.39 is 0 Å². The minimum atomic E-state index is -0.251. The normalized spacial score (nSPS) is 11.7. The van der Waals surface area contributed by atoms with E-state index in [0.717, 1.165) is 28.4 Å². The lowest BCUT2D eigenvalue weighted by atomic mass is 10.1. The van der Waals surface area contributed by atoms with Gasteiger partial charge in [-0.05, 0) is 13.0 Å². The number of nitrogens with one attached hydrogen (secondary N) is 1. The summed E-state index contributed by atoms with van der Waals surface area (Å²) in [6, 6.07) is 16.9. The highest BCUT2D eigenvalue weighted by Gasteiger charge is 2.21. The van der Waals surface area contributed by atoms with Gasteiger partial charge in [0.2, 0.25) is 5.13 Å². The van der Waals surface area contributed by atoms with Gasteiger partial charge < -0.3 is 9.64 Å². The van der Waals surface area contributed by atoms with Crippen LogP contribution in [0.2, 0.25) is 0 Å². The third kappa shape index (κ3) is 3.83. The van der Waals surface area contributed by atoms with Crippen LogP contribution >= 0.6 is 11.5 Å². The molecule has 1 N–H and O–H groups in total. The monoisotopic (exact) mass is 368 g/mol. The molecule has 7 heteroatoms. The molecule has 0 saturated carbocycles. The third-order valence-corrected chi connectivity index (χ3v) is 4.79. The van der Waals surface area contributed by atoms with E-state index in [1.807, 2.05) is 61.5 Å². The van der Waals surface area contributed by atoms with Crippen molar-refractivity contribution < 1.29 is 9.53 Å². The molecular formula is C19H20N4O2S. The molecule has 0 spiro atoms. The van der Waals surface area contributed by atoms with Crippen LogP contribution in [0, 0.1) is 0 Å². The van der Waals surface area contributed by atoms with Crippen molar-refractivity contribution in [3.05, 3.63) is 60.2 Å². The van der Waals surface area contributed by atoms with Gasteiger partial charge in [-0.25, -0.2) is 4.79 Å². The molecule has 2 aromatic carbocycles. The Hall–Kier alpha value is -2.93. The number of rotatable bonds is 5. The Morgan fingerprint density at radius 2 is 1.85 bits per heavy atom. The molecule has 0 aliphatic heterocycles. The number of urea groups is 1. The van der Waals surface area contributed by atoms with Gasteiger partial charge in [-0.3, -0.25) is 5.32 Å². The zero-order chi connectivity index (χ0) is 18.5. The van der Waals surface area contributed by atoms with E-state index in [4.69, 9.17) is 4.74 Å². The van der Waals surface area contributed by atoms with E-state index in [-0.39, 0.29) is 12.1 Å². The van der Waals surface area contributed by atoms with E-state index >= 15 is 0 Å². The number of nitrogens with zero attached hydrogens (tertiary/aromatic N) is 3. The molecule has 1 heterocycles. The zero-order valence-electron chi connectivity index (χ0n) is 14.8. The zero-order valence-corrected chi connectivity index (χ0v) is 15.7. The van der Waals surface area contributed by atoms with Crippen LogP contribution in [0.25, 0.3) is 11.4 Å². The first-order valence-corrected chi connectivity index (χ1v) is 8.93. The molecule has 0 aliphatic rings. The summed E-state index contributed by atoms with van der Waals surface area (Å²) >= 11 is 1.16. The van der Waals surface area contributed by atoms with Crippen molar-refractivity contribution in [3.63, 3.8) is 0 Å². The number of ether oxygens (including phenoxy) is 1. The van der Waals surface area contributed by atoms with Crippen LogP contribution in [-0.2, 0) is 0 Å². The fourth-order valence-electron chi connectivity index (χ4n) is 2.55. The second-order valence-corrected chi connectivity index (χ2v) is 6.50. The molecular weight excluding hydrogens is 348 g/mol. The van der Waals surface area contributed by atoms with Gasteiger partial charge in [-0.15, -0.1) is 0 Å². The van der Waals surface area contributed by atoms with Crippen molar-refractivity contribution in [1.82, 2.24) is 14.3 Å². The van der Waals surface area contributed by atoms with Crippen LogP contribution in [0.4, 0.5) is 9.93 Å². The van der Waals surface area contributed by atoms with Gasteiger partial charge in [0, 0.05) is 29.7 Å². The van der Waals surface area contributed by atoms with E-state index in [0.29, 0.717) is 11.0 Å². The van der Waals surface area contributed by atoms with Crippen LogP contribution in [0.15, 0.2) is 54.6 Å². The maximum atomic E-state index is 12.6. The second kappa shape index (κ2) is 7.97. The third-order valence-electron chi connectivity index (χ3n) is 4.16. The van der Waals surface area contributed by atoms with Crippen molar-refractivity contribution >= 4 is 22.7 Å². The Balaban J connectivity index is 1.71. The molecule has 0 saturated heterocycles. The van der Waals surface area contributed by atoms with Crippen LogP contribution in [-0.4, -0.2) is 34.4 Å². The lowest BCUT2D eigenvalue weighted by molar-refractivity contribution is 0.207. The Kier molecular flexibility index (Phi) is 5.48. The molecule has 0 fully saturated rings. The van der Waals surface area contributed by atoms with Gasteiger partial charge in [-0.2, -0.15) is 9.36 Å². The van der Waals surface area contributed by atoms with Crippen LogP contribution in [0.5, 0.6) is 5.75 Å². The fraction of sp³-hybridized carbons (Fsp3) is 0.211. The van der Waals surface area contributed by atoms with Crippen molar-refractivity contribution in [1.29, 1.82) is 0 Å². The molecule has 0 unspecified atom stereocenters. The molecule has 134 valence electrons. The SMILES string of the molecule is COc1ccccc1[C@@H](C)N(C)C(=O)Nc1nc(-c2ccccc2)ns1. The first-order valence-electron chi connectivity index (χ1n) is 8.16. The minimum Gasteiger partial charge on any atom is -0.496 e. The van der Waals surface area contributed by atoms with Crippen LogP contribution in [0.1, 0.15) is 18.5 Å². The number of hydrogen-bond donors (Lipinski definition) is 1. The summed E-state index contributed by atoms with van der Waals surface area (Å²) in [5.74, 6) is 1.35. The first kappa shape index (κ1) is 17.9. The predicted molar refractivity (Wildman–Crippen MR) is 104 cm³/mol. The highest BCUT2D eigenvalue weighted by molar-refractivity contribution is 7.10. The second-order valence-electron chi connectivity index (χ2n) is 5.75. The van der Waals surface area contributed by atoms with Gasteiger partial charge in [0.15, 0.2) is 5.82 Å². The molecule has 6 nitrogen and oxygen atoms in total. The highest BCUT2D eigenvalue weighted by atomic mass is 32.1. The number of amides is 2. The minimum absolute atomic E-state index is 0.160. The molecule has 1 atom stereocenters. The van der Waals surface area contributed by atoms with E-state index in [2.05, 4.69) is 14.7 Å². The molecule has 3 aromatic rings. The summed E-state index contributed by atoms with van der Waals surface area (Å²) in [6.07, 6.45) is 0. The first-order chi connectivity index (χ1) is 12.6. The average molecular weight is 368 g/mol. The molecule has 2 amide bonds. The molecule has 3 rings (SSSR count). The van der Waals surface area contributed by atoms with Crippen LogP contribution < -0.4 is 10.1 Å². The Bertz CT molecular complexity index is 882. The summed E-state index contributed by atoms with van der Waals surface area (Å²) in [5.41, 5.74) is 1.86. The van der Waals surface area contributed by atoms with E-state index in [9.17, 15) is 4.79 Å². The van der Waals surface area contributed by atoms with Crippen LogP contribution in [0.3, 0.4) is 0 Å². The summed E-state index contributed by atoms with van der Waals surface area (Å²) < 4.78 is 9.69. The van der Waals surface area contributed by atoms with Crippen molar-refractivity contribution in [3.8, 4) is 17.1 Å². The molecule has 0 aliphatic carbocycles.